The highest BCUT2D eigenvalue weighted by Gasteiger charge is 2.31. The number of carbonyl (C=O) groups excluding carboxylic acids is 1. The molecule has 2 N–H and O–H groups in total. The number of aromatic nitrogens is 1. The number of benzene rings is 2. The van der Waals surface area contributed by atoms with E-state index >= 15 is 0 Å². The number of hydrogen-bond donors (Lipinski definition) is 2. The molecule has 2 unspecified atom stereocenters. The van der Waals surface area contributed by atoms with Crippen molar-refractivity contribution in [1.29, 1.82) is 0 Å². The molecule has 1 saturated heterocycles. The maximum absolute atomic E-state index is 13.2. The van der Waals surface area contributed by atoms with Gasteiger partial charge in [-0.2, -0.15) is 4.31 Å². The summed E-state index contributed by atoms with van der Waals surface area (Å²) in [6.07, 6.45) is 1.80. The van der Waals surface area contributed by atoms with Gasteiger partial charge in [-0.05, 0) is 54.5 Å². The highest BCUT2D eigenvalue weighted by atomic mass is 32.2. The van der Waals surface area contributed by atoms with E-state index in [0.717, 1.165) is 23.9 Å². The van der Waals surface area contributed by atoms with Gasteiger partial charge in [0, 0.05) is 30.5 Å². The summed E-state index contributed by atoms with van der Waals surface area (Å²) >= 11 is 0. The van der Waals surface area contributed by atoms with Crippen molar-refractivity contribution in [2.75, 3.05) is 19.6 Å². The first-order valence-electron chi connectivity index (χ1n) is 10.8. The lowest BCUT2D eigenvalue weighted by Gasteiger charge is -2.34. The topological polar surface area (TPSA) is 82.3 Å². The number of hydrogen-bond acceptors (Lipinski definition) is 3. The van der Waals surface area contributed by atoms with Crippen LogP contribution >= 0.6 is 0 Å². The standard InChI is InChI=1S/C24H29N3O3S/c1-17-12-18(2)16-27(15-17)31(29,30)21-8-9-22-20(13-21)14-23(26-22)24(28)25-11-10-19-6-4-3-5-7-19/h3-9,13-14,17-18,26H,10-12,15-16H2,1-2H3,(H,25,28). The largest absolute Gasteiger partial charge is 0.351 e. The molecule has 0 bridgehead atoms. The molecule has 0 saturated carbocycles. The Morgan fingerprint density at radius 2 is 1.77 bits per heavy atom. The predicted octanol–water partition coefficient (Wildman–Crippen LogP) is 3.81. The van der Waals surface area contributed by atoms with E-state index in [4.69, 9.17) is 0 Å². The Kier molecular flexibility index (Phi) is 6.16. The quantitative estimate of drug-likeness (QED) is 0.613. The van der Waals surface area contributed by atoms with Crippen LogP contribution in [0.1, 0.15) is 36.3 Å². The number of amides is 1. The number of rotatable bonds is 6. The first-order chi connectivity index (χ1) is 14.8. The van der Waals surface area contributed by atoms with E-state index in [1.165, 1.54) is 0 Å². The second kappa shape index (κ2) is 8.85. The van der Waals surface area contributed by atoms with Crippen molar-refractivity contribution in [3.05, 3.63) is 65.9 Å². The molecule has 1 aliphatic rings. The minimum absolute atomic E-state index is 0.199. The molecule has 164 valence electrons. The third kappa shape index (κ3) is 4.83. The number of carbonyl (C=O) groups is 1. The molecule has 31 heavy (non-hydrogen) atoms. The smallest absolute Gasteiger partial charge is 0.267 e. The highest BCUT2D eigenvalue weighted by Crippen LogP contribution is 2.28. The molecule has 3 aromatic rings. The van der Waals surface area contributed by atoms with E-state index in [1.807, 2.05) is 30.3 Å². The summed E-state index contributed by atoms with van der Waals surface area (Å²) in [5.74, 6) is 0.497. The molecule has 2 atom stereocenters. The Morgan fingerprint density at radius 3 is 2.48 bits per heavy atom. The fraction of sp³-hybridized carbons (Fsp3) is 0.375. The lowest BCUT2D eigenvalue weighted by molar-refractivity contribution is 0.0950. The van der Waals surface area contributed by atoms with Gasteiger partial charge in [-0.3, -0.25) is 4.79 Å². The van der Waals surface area contributed by atoms with Crippen molar-refractivity contribution in [2.24, 2.45) is 11.8 Å². The number of aromatic amines is 1. The summed E-state index contributed by atoms with van der Waals surface area (Å²) in [6.45, 7) is 5.81. The second-order valence-corrected chi connectivity index (χ2v) is 10.6. The second-order valence-electron chi connectivity index (χ2n) is 8.69. The molecule has 7 heteroatoms. The molecule has 4 rings (SSSR count). The van der Waals surface area contributed by atoms with Gasteiger partial charge in [-0.15, -0.1) is 0 Å². The number of nitrogens with zero attached hydrogens (tertiary/aromatic N) is 1. The zero-order valence-corrected chi connectivity index (χ0v) is 18.8. The van der Waals surface area contributed by atoms with E-state index in [9.17, 15) is 13.2 Å². The van der Waals surface area contributed by atoms with Crippen molar-refractivity contribution in [3.8, 4) is 0 Å². The SMILES string of the molecule is CC1CC(C)CN(S(=O)(=O)c2ccc3[nH]c(C(=O)NCCc4ccccc4)cc3c2)C1. The molecule has 6 nitrogen and oxygen atoms in total. The molecular formula is C24H29N3O3S. The van der Waals surface area contributed by atoms with E-state index in [-0.39, 0.29) is 10.8 Å². The zero-order chi connectivity index (χ0) is 22.0. The fourth-order valence-corrected chi connectivity index (χ4v) is 6.12. The van der Waals surface area contributed by atoms with Crippen LogP contribution in [0, 0.1) is 11.8 Å². The van der Waals surface area contributed by atoms with Gasteiger partial charge in [0.2, 0.25) is 10.0 Å². The lowest BCUT2D eigenvalue weighted by Crippen LogP contribution is -2.42. The van der Waals surface area contributed by atoms with Crippen LogP contribution < -0.4 is 5.32 Å². The van der Waals surface area contributed by atoms with E-state index < -0.39 is 10.0 Å². The van der Waals surface area contributed by atoms with Crippen LogP contribution in [-0.4, -0.2) is 43.2 Å². The van der Waals surface area contributed by atoms with Gasteiger partial charge in [0.15, 0.2) is 0 Å². The number of piperidine rings is 1. The van der Waals surface area contributed by atoms with Gasteiger partial charge < -0.3 is 10.3 Å². The summed E-state index contributed by atoms with van der Waals surface area (Å²) in [6, 6.07) is 16.7. The summed E-state index contributed by atoms with van der Waals surface area (Å²) in [4.78, 5) is 15.9. The molecule has 1 amide bonds. The van der Waals surface area contributed by atoms with E-state index in [0.29, 0.717) is 42.6 Å². The van der Waals surface area contributed by atoms with Crippen molar-refractivity contribution < 1.29 is 13.2 Å². The Balaban J connectivity index is 1.48. The minimum atomic E-state index is -3.56. The van der Waals surface area contributed by atoms with Crippen LogP contribution in [0.2, 0.25) is 0 Å². The van der Waals surface area contributed by atoms with Gasteiger partial charge >= 0.3 is 0 Å². The van der Waals surface area contributed by atoms with Crippen molar-refractivity contribution in [1.82, 2.24) is 14.6 Å². The average Bonchev–Trinajstić information content (AvgIpc) is 3.17. The molecule has 1 aliphatic heterocycles. The zero-order valence-electron chi connectivity index (χ0n) is 18.0. The Hall–Kier alpha value is -2.64. The molecule has 1 aromatic heterocycles. The van der Waals surface area contributed by atoms with Gasteiger partial charge in [0.1, 0.15) is 5.69 Å². The van der Waals surface area contributed by atoms with Crippen LogP contribution in [0.4, 0.5) is 0 Å². The predicted molar refractivity (Wildman–Crippen MR) is 122 cm³/mol. The van der Waals surface area contributed by atoms with Crippen LogP contribution in [-0.2, 0) is 16.4 Å². The van der Waals surface area contributed by atoms with Crippen LogP contribution in [0.15, 0.2) is 59.5 Å². The van der Waals surface area contributed by atoms with Crippen LogP contribution in [0.25, 0.3) is 10.9 Å². The van der Waals surface area contributed by atoms with Crippen molar-refractivity contribution in [2.45, 2.75) is 31.6 Å². The third-order valence-electron chi connectivity index (χ3n) is 5.85. The molecule has 2 heterocycles. The van der Waals surface area contributed by atoms with Crippen molar-refractivity contribution in [3.63, 3.8) is 0 Å². The van der Waals surface area contributed by atoms with E-state index in [1.54, 1.807) is 28.6 Å². The summed E-state index contributed by atoms with van der Waals surface area (Å²) in [5, 5.41) is 3.63. The Labute approximate surface area is 183 Å². The van der Waals surface area contributed by atoms with Crippen LogP contribution in [0.5, 0.6) is 0 Å². The minimum Gasteiger partial charge on any atom is -0.351 e. The van der Waals surface area contributed by atoms with Gasteiger partial charge in [-0.1, -0.05) is 44.2 Å². The summed E-state index contributed by atoms with van der Waals surface area (Å²) in [5.41, 5.74) is 2.33. The number of H-pyrrole nitrogens is 1. The number of nitrogens with one attached hydrogen (secondary N) is 2. The first kappa shape index (κ1) is 21.6. The highest BCUT2D eigenvalue weighted by molar-refractivity contribution is 7.89. The van der Waals surface area contributed by atoms with Crippen molar-refractivity contribution >= 4 is 26.8 Å². The molecule has 0 aliphatic carbocycles. The molecular weight excluding hydrogens is 410 g/mol. The Bertz CT molecular complexity index is 1160. The number of sulfonamides is 1. The van der Waals surface area contributed by atoms with Crippen LogP contribution in [0.3, 0.4) is 0 Å². The maximum Gasteiger partial charge on any atom is 0.267 e. The molecule has 2 aromatic carbocycles. The Morgan fingerprint density at radius 1 is 1.06 bits per heavy atom. The van der Waals surface area contributed by atoms with Gasteiger partial charge in [0.05, 0.1) is 4.90 Å². The normalized spacial score (nSPS) is 20.1. The van der Waals surface area contributed by atoms with Gasteiger partial charge in [0.25, 0.3) is 5.91 Å². The average molecular weight is 440 g/mol. The molecule has 0 spiro atoms. The lowest BCUT2D eigenvalue weighted by atomic mass is 9.94. The molecule has 1 fully saturated rings. The van der Waals surface area contributed by atoms with E-state index in [2.05, 4.69) is 24.1 Å². The van der Waals surface area contributed by atoms with Gasteiger partial charge in [-0.25, -0.2) is 8.42 Å². The molecule has 0 radical (unpaired) electrons. The fourth-order valence-electron chi connectivity index (χ4n) is 4.40. The number of fused-ring (bicyclic) bond motifs is 1. The summed E-state index contributed by atoms with van der Waals surface area (Å²) in [7, 11) is -3.56. The first-order valence-corrected chi connectivity index (χ1v) is 12.2. The monoisotopic (exact) mass is 439 g/mol. The maximum atomic E-state index is 13.2. The third-order valence-corrected chi connectivity index (χ3v) is 7.68. The summed E-state index contributed by atoms with van der Waals surface area (Å²) < 4.78 is 27.9.